The Morgan fingerprint density at radius 1 is 1.22 bits per heavy atom. The van der Waals surface area contributed by atoms with E-state index >= 15 is 0 Å². The molecule has 0 saturated heterocycles. The molecule has 0 aliphatic carbocycles. The summed E-state index contributed by atoms with van der Waals surface area (Å²) >= 11 is 0. The topological polar surface area (TPSA) is 73.1 Å². The summed E-state index contributed by atoms with van der Waals surface area (Å²) in [7, 11) is 0. The van der Waals surface area contributed by atoms with Crippen molar-refractivity contribution in [2.45, 2.75) is 46.2 Å². The molecule has 1 aromatic heterocycles. The van der Waals surface area contributed by atoms with Gasteiger partial charge in [0, 0.05) is 12.6 Å². The molecule has 124 valence electrons. The van der Waals surface area contributed by atoms with Crippen LogP contribution in [-0.4, -0.2) is 21.6 Å². The van der Waals surface area contributed by atoms with E-state index in [1.165, 1.54) is 9.13 Å². The zero-order chi connectivity index (χ0) is 17.0. The summed E-state index contributed by atoms with van der Waals surface area (Å²) in [5.41, 5.74) is -0.242. The van der Waals surface area contributed by atoms with E-state index < -0.39 is 5.69 Å². The smallest absolute Gasteiger partial charge is 0.332 e. The van der Waals surface area contributed by atoms with Crippen LogP contribution in [0.15, 0.2) is 33.9 Å². The first kappa shape index (κ1) is 17.0. The Bertz CT molecular complexity index is 820. The number of rotatable bonds is 6. The largest absolute Gasteiger partial charge is 0.355 e. The van der Waals surface area contributed by atoms with Crippen LogP contribution < -0.4 is 16.6 Å². The predicted molar refractivity (Wildman–Crippen MR) is 90.8 cm³/mol. The molecule has 23 heavy (non-hydrogen) atoms. The number of nitrogens with one attached hydrogen (secondary N) is 1. The van der Waals surface area contributed by atoms with Crippen molar-refractivity contribution in [1.29, 1.82) is 0 Å². The zero-order valence-corrected chi connectivity index (χ0v) is 13.8. The highest BCUT2D eigenvalue weighted by atomic mass is 16.2. The lowest BCUT2D eigenvalue weighted by Crippen LogP contribution is -2.43. The number of aromatic nitrogens is 2. The maximum atomic E-state index is 12.8. The van der Waals surface area contributed by atoms with Crippen LogP contribution in [0.4, 0.5) is 0 Å². The third kappa shape index (κ3) is 3.36. The van der Waals surface area contributed by atoms with Crippen molar-refractivity contribution >= 4 is 16.8 Å². The van der Waals surface area contributed by atoms with Gasteiger partial charge in [0.1, 0.15) is 6.54 Å². The molecule has 0 fully saturated rings. The molecule has 0 aliphatic rings. The van der Waals surface area contributed by atoms with Crippen LogP contribution in [0.3, 0.4) is 0 Å². The third-order valence-corrected chi connectivity index (χ3v) is 3.99. The minimum Gasteiger partial charge on any atom is -0.355 e. The van der Waals surface area contributed by atoms with Crippen molar-refractivity contribution in [3.63, 3.8) is 0 Å². The second-order valence-electron chi connectivity index (χ2n) is 5.67. The number of benzene rings is 1. The third-order valence-electron chi connectivity index (χ3n) is 3.99. The quantitative estimate of drug-likeness (QED) is 0.880. The molecule has 0 bridgehead atoms. The van der Waals surface area contributed by atoms with Crippen molar-refractivity contribution in [3.05, 3.63) is 45.1 Å². The maximum Gasteiger partial charge on any atom is 0.332 e. The summed E-state index contributed by atoms with van der Waals surface area (Å²) in [6.45, 7) is 6.20. The number of hydrogen-bond donors (Lipinski definition) is 1. The van der Waals surface area contributed by atoms with Crippen molar-refractivity contribution in [2.24, 2.45) is 0 Å². The number of para-hydroxylation sites is 1. The van der Waals surface area contributed by atoms with Crippen molar-refractivity contribution < 1.29 is 4.79 Å². The Hall–Kier alpha value is -2.37. The zero-order valence-electron chi connectivity index (χ0n) is 13.8. The molecule has 0 spiro atoms. The van der Waals surface area contributed by atoms with Crippen LogP contribution in [0.5, 0.6) is 0 Å². The van der Waals surface area contributed by atoms with E-state index in [-0.39, 0.29) is 24.1 Å². The van der Waals surface area contributed by atoms with Crippen LogP contribution in [0.2, 0.25) is 0 Å². The van der Waals surface area contributed by atoms with Crippen LogP contribution in [0.25, 0.3) is 10.9 Å². The highest BCUT2D eigenvalue weighted by Gasteiger charge is 2.17. The van der Waals surface area contributed by atoms with E-state index in [2.05, 4.69) is 5.32 Å². The fraction of sp³-hybridized carbons (Fsp3) is 0.471. The molecule has 0 radical (unpaired) electrons. The number of hydrogen-bond acceptors (Lipinski definition) is 3. The van der Waals surface area contributed by atoms with Gasteiger partial charge in [0.25, 0.3) is 5.56 Å². The molecular formula is C17H23N3O3. The van der Waals surface area contributed by atoms with E-state index in [0.29, 0.717) is 23.9 Å². The molecule has 0 saturated carbocycles. The summed E-state index contributed by atoms with van der Waals surface area (Å²) < 4.78 is 2.63. The first-order valence-electron chi connectivity index (χ1n) is 8.02. The monoisotopic (exact) mass is 317 g/mol. The van der Waals surface area contributed by atoms with Crippen LogP contribution in [0, 0.1) is 0 Å². The van der Waals surface area contributed by atoms with Gasteiger partial charge in [-0.15, -0.1) is 0 Å². The SMILES string of the molecule is CCCNC(=O)Cn1c(=O)n(C(C)CC)c(=O)c2ccccc21. The predicted octanol–water partition coefficient (Wildman–Crippen LogP) is 1.66. The van der Waals surface area contributed by atoms with E-state index in [4.69, 9.17) is 0 Å². The van der Waals surface area contributed by atoms with Gasteiger partial charge in [-0.3, -0.25) is 18.7 Å². The number of carbonyl (C=O) groups is 1. The lowest BCUT2D eigenvalue weighted by molar-refractivity contribution is -0.121. The summed E-state index contributed by atoms with van der Waals surface area (Å²) in [6, 6.07) is 6.69. The standard InChI is InChI=1S/C17H23N3O3/c1-4-10-18-15(21)11-19-14-9-7-6-8-13(14)16(22)20(17(19)23)12(3)5-2/h6-9,12H,4-5,10-11H2,1-3H3,(H,18,21). The van der Waals surface area contributed by atoms with Gasteiger partial charge in [0.05, 0.1) is 10.9 Å². The lowest BCUT2D eigenvalue weighted by atomic mass is 10.2. The average molecular weight is 317 g/mol. The van der Waals surface area contributed by atoms with E-state index in [1.807, 2.05) is 20.8 Å². The van der Waals surface area contributed by atoms with E-state index in [0.717, 1.165) is 6.42 Å². The first-order valence-corrected chi connectivity index (χ1v) is 8.02. The number of carbonyl (C=O) groups excluding carboxylic acids is 1. The van der Waals surface area contributed by atoms with Crippen molar-refractivity contribution in [1.82, 2.24) is 14.5 Å². The molecule has 1 heterocycles. The number of amides is 1. The normalized spacial score (nSPS) is 12.3. The molecule has 1 N–H and O–H groups in total. The second-order valence-corrected chi connectivity index (χ2v) is 5.67. The van der Waals surface area contributed by atoms with Gasteiger partial charge in [0.2, 0.25) is 5.91 Å². The van der Waals surface area contributed by atoms with Gasteiger partial charge in [-0.05, 0) is 31.9 Å². The highest BCUT2D eigenvalue weighted by Crippen LogP contribution is 2.10. The van der Waals surface area contributed by atoms with E-state index in [9.17, 15) is 14.4 Å². The fourth-order valence-corrected chi connectivity index (χ4v) is 2.53. The average Bonchev–Trinajstić information content (AvgIpc) is 2.56. The molecule has 2 rings (SSSR count). The summed E-state index contributed by atoms with van der Waals surface area (Å²) in [5, 5.41) is 3.22. The molecule has 1 aromatic carbocycles. The molecule has 6 heteroatoms. The lowest BCUT2D eigenvalue weighted by Gasteiger charge is -2.17. The Balaban J connectivity index is 2.65. The molecule has 6 nitrogen and oxygen atoms in total. The van der Waals surface area contributed by atoms with Gasteiger partial charge < -0.3 is 5.32 Å². The van der Waals surface area contributed by atoms with Crippen molar-refractivity contribution in [3.8, 4) is 0 Å². The van der Waals surface area contributed by atoms with Crippen molar-refractivity contribution in [2.75, 3.05) is 6.54 Å². The number of nitrogens with zero attached hydrogens (tertiary/aromatic N) is 2. The molecule has 2 aromatic rings. The van der Waals surface area contributed by atoms with Gasteiger partial charge >= 0.3 is 5.69 Å². The summed E-state index contributed by atoms with van der Waals surface area (Å²) in [5.74, 6) is -0.228. The Kier molecular flexibility index (Phi) is 5.36. The van der Waals surface area contributed by atoms with Crippen LogP contribution in [-0.2, 0) is 11.3 Å². The highest BCUT2D eigenvalue weighted by molar-refractivity contribution is 5.81. The molecule has 1 atom stereocenters. The number of fused-ring (bicyclic) bond motifs is 1. The summed E-state index contributed by atoms with van der Waals surface area (Å²) in [4.78, 5) is 37.4. The maximum absolute atomic E-state index is 12.8. The van der Waals surface area contributed by atoms with Gasteiger partial charge in [-0.2, -0.15) is 0 Å². The van der Waals surface area contributed by atoms with Gasteiger partial charge in [-0.1, -0.05) is 26.0 Å². The van der Waals surface area contributed by atoms with Crippen LogP contribution >= 0.6 is 0 Å². The Morgan fingerprint density at radius 2 is 1.91 bits per heavy atom. The molecule has 1 amide bonds. The Labute approximate surface area is 134 Å². The fourth-order valence-electron chi connectivity index (χ4n) is 2.53. The molecule has 0 aliphatic heterocycles. The summed E-state index contributed by atoms with van der Waals surface area (Å²) in [6.07, 6.45) is 1.49. The Morgan fingerprint density at radius 3 is 2.57 bits per heavy atom. The van der Waals surface area contributed by atoms with Crippen LogP contribution in [0.1, 0.15) is 39.7 Å². The minimum atomic E-state index is -0.435. The minimum absolute atomic E-state index is 0.0872. The second kappa shape index (κ2) is 7.26. The molecular weight excluding hydrogens is 294 g/mol. The van der Waals surface area contributed by atoms with E-state index in [1.54, 1.807) is 24.3 Å². The first-order chi connectivity index (χ1) is 11.0. The molecule has 1 unspecified atom stereocenters. The van der Waals surface area contributed by atoms with Gasteiger partial charge in [0.15, 0.2) is 0 Å². The van der Waals surface area contributed by atoms with Gasteiger partial charge in [-0.25, -0.2) is 4.79 Å².